The molecule has 3 heteroatoms. The molecule has 16 heavy (non-hydrogen) atoms. The topological polar surface area (TPSA) is 21.3 Å². The van der Waals surface area contributed by atoms with E-state index >= 15 is 0 Å². The van der Waals surface area contributed by atoms with Crippen LogP contribution in [0.1, 0.15) is 25.8 Å². The Labute approximate surface area is 103 Å². The van der Waals surface area contributed by atoms with Gasteiger partial charge in [-0.1, -0.05) is 29.8 Å². The maximum atomic E-state index is 6.06. The Bertz CT molecular complexity index is 325. The van der Waals surface area contributed by atoms with Crippen LogP contribution in [0, 0.1) is 0 Å². The van der Waals surface area contributed by atoms with Gasteiger partial charge in [-0.15, -0.1) is 0 Å². The molecule has 0 aliphatic heterocycles. The lowest BCUT2D eigenvalue weighted by atomic mass is 10.1. The number of hydrogen-bond acceptors (Lipinski definition) is 2. The molecule has 0 radical (unpaired) electrons. The van der Waals surface area contributed by atoms with E-state index in [0.717, 1.165) is 30.1 Å². The first-order valence-corrected chi connectivity index (χ1v) is 5.92. The molecule has 1 rings (SSSR count). The van der Waals surface area contributed by atoms with Gasteiger partial charge >= 0.3 is 0 Å². The van der Waals surface area contributed by atoms with Crippen molar-refractivity contribution in [3.63, 3.8) is 0 Å². The third-order valence-corrected chi connectivity index (χ3v) is 3.10. The fraction of sp³-hybridized carbons (Fsp3) is 0.538. The summed E-state index contributed by atoms with van der Waals surface area (Å²) >= 11 is 6.06. The lowest BCUT2D eigenvalue weighted by molar-refractivity contribution is 0.0158. The van der Waals surface area contributed by atoms with Crippen LogP contribution < -0.4 is 5.32 Å². The third-order valence-electron chi connectivity index (χ3n) is 2.73. The first-order valence-electron chi connectivity index (χ1n) is 5.54. The molecule has 0 unspecified atom stereocenters. The Kier molecular flexibility index (Phi) is 5.26. The number of methoxy groups -OCH3 is 1. The molecule has 1 N–H and O–H groups in total. The van der Waals surface area contributed by atoms with Crippen LogP contribution in [0.25, 0.3) is 0 Å². The van der Waals surface area contributed by atoms with E-state index in [1.165, 1.54) is 0 Å². The summed E-state index contributed by atoms with van der Waals surface area (Å²) in [5.74, 6) is 0. The fourth-order valence-electron chi connectivity index (χ4n) is 1.36. The molecule has 0 saturated carbocycles. The first-order chi connectivity index (χ1) is 7.55. The number of benzene rings is 1. The van der Waals surface area contributed by atoms with Gasteiger partial charge in [0.05, 0.1) is 5.60 Å². The molecule has 0 heterocycles. The molecule has 0 aliphatic rings. The predicted molar refractivity (Wildman–Crippen MR) is 68.9 cm³/mol. The summed E-state index contributed by atoms with van der Waals surface area (Å²) in [6, 6.07) is 7.90. The van der Waals surface area contributed by atoms with Crippen molar-refractivity contribution in [2.45, 2.75) is 32.4 Å². The summed E-state index contributed by atoms with van der Waals surface area (Å²) in [6.07, 6.45) is 0.980. The van der Waals surface area contributed by atoms with Gasteiger partial charge in [0.15, 0.2) is 0 Å². The van der Waals surface area contributed by atoms with Crippen molar-refractivity contribution < 1.29 is 4.74 Å². The Hall–Kier alpha value is -0.570. The maximum absolute atomic E-state index is 6.06. The van der Waals surface area contributed by atoms with Crippen molar-refractivity contribution in [3.8, 4) is 0 Å². The second-order valence-electron chi connectivity index (χ2n) is 4.48. The van der Waals surface area contributed by atoms with Gasteiger partial charge < -0.3 is 10.1 Å². The first kappa shape index (κ1) is 13.5. The molecule has 0 bridgehead atoms. The van der Waals surface area contributed by atoms with Crippen LogP contribution in [0.4, 0.5) is 0 Å². The summed E-state index contributed by atoms with van der Waals surface area (Å²) in [4.78, 5) is 0. The Morgan fingerprint density at radius 1 is 1.31 bits per heavy atom. The molecule has 1 aromatic rings. The quantitative estimate of drug-likeness (QED) is 0.772. The van der Waals surface area contributed by atoms with E-state index in [0.29, 0.717) is 0 Å². The summed E-state index contributed by atoms with van der Waals surface area (Å²) in [5, 5.41) is 4.19. The zero-order valence-corrected chi connectivity index (χ0v) is 11.0. The van der Waals surface area contributed by atoms with E-state index in [9.17, 15) is 0 Å². The van der Waals surface area contributed by atoms with Crippen LogP contribution in [0.2, 0.25) is 5.02 Å². The van der Waals surface area contributed by atoms with Crippen molar-refractivity contribution in [1.29, 1.82) is 0 Å². The van der Waals surface area contributed by atoms with Gasteiger partial charge in [0, 0.05) is 18.7 Å². The van der Waals surface area contributed by atoms with Gasteiger partial charge in [-0.2, -0.15) is 0 Å². The van der Waals surface area contributed by atoms with E-state index in [2.05, 4.69) is 19.2 Å². The summed E-state index contributed by atoms with van der Waals surface area (Å²) in [6.45, 7) is 5.90. The van der Waals surface area contributed by atoms with Crippen LogP contribution in [0.15, 0.2) is 24.3 Å². The predicted octanol–water partition coefficient (Wildman–Crippen LogP) is 3.24. The highest BCUT2D eigenvalue weighted by Gasteiger charge is 2.14. The Morgan fingerprint density at radius 3 is 2.62 bits per heavy atom. The molecule has 0 saturated heterocycles. The molecule has 0 amide bonds. The highest BCUT2D eigenvalue weighted by atomic mass is 35.5. The van der Waals surface area contributed by atoms with E-state index in [1.54, 1.807) is 7.11 Å². The summed E-state index contributed by atoms with van der Waals surface area (Å²) in [7, 11) is 1.74. The fourth-order valence-corrected chi connectivity index (χ4v) is 1.56. The second-order valence-corrected chi connectivity index (χ2v) is 4.89. The van der Waals surface area contributed by atoms with E-state index < -0.39 is 0 Å². The van der Waals surface area contributed by atoms with Crippen molar-refractivity contribution in [2.24, 2.45) is 0 Å². The monoisotopic (exact) mass is 241 g/mol. The molecule has 1 aromatic carbocycles. The van der Waals surface area contributed by atoms with Crippen molar-refractivity contribution >= 4 is 11.6 Å². The number of halogens is 1. The lowest BCUT2D eigenvalue weighted by Crippen LogP contribution is -2.28. The SMILES string of the molecule is COC(C)(C)CCNCc1ccccc1Cl. The van der Waals surface area contributed by atoms with E-state index in [-0.39, 0.29) is 5.60 Å². The molecule has 0 fully saturated rings. The van der Waals surface area contributed by atoms with Gasteiger partial charge in [0.1, 0.15) is 0 Å². The van der Waals surface area contributed by atoms with E-state index in [4.69, 9.17) is 16.3 Å². The maximum Gasteiger partial charge on any atom is 0.0634 e. The van der Waals surface area contributed by atoms with Crippen LogP contribution in [-0.2, 0) is 11.3 Å². The molecule has 0 spiro atoms. The third kappa shape index (κ3) is 4.52. The number of rotatable bonds is 6. The molecular weight excluding hydrogens is 222 g/mol. The zero-order chi connectivity index (χ0) is 12.0. The van der Waals surface area contributed by atoms with Crippen molar-refractivity contribution in [1.82, 2.24) is 5.32 Å². The van der Waals surface area contributed by atoms with Crippen LogP contribution >= 0.6 is 11.6 Å². The largest absolute Gasteiger partial charge is 0.379 e. The molecule has 2 nitrogen and oxygen atoms in total. The highest BCUT2D eigenvalue weighted by molar-refractivity contribution is 6.31. The van der Waals surface area contributed by atoms with Gasteiger partial charge in [0.2, 0.25) is 0 Å². The Morgan fingerprint density at radius 2 is 2.00 bits per heavy atom. The molecule has 0 atom stereocenters. The van der Waals surface area contributed by atoms with Crippen LogP contribution in [-0.4, -0.2) is 19.3 Å². The van der Waals surface area contributed by atoms with Crippen molar-refractivity contribution in [2.75, 3.05) is 13.7 Å². The van der Waals surface area contributed by atoms with Gasteiger partial charge in [0.25, 0.3) is 0 Å². The summed E-state index contributed by atoms with van der Waals surface area (Å²) in [5.41, 5.74) is 1.08. The number of hydrogen-bond donors (Lipinski definition) is 1. The second kappa shape index (κ2) is 6.24. The summed E-state index contributed by atoms with van der Waals surface area (Å²) < 4.78 is 5.35. The number of ether oxygens (including phenoxy) is 1. The van der Waals surface area contributed by atoms with E-state index in [1.807, 2.05) is 24.3 Å². The average Bonchev–Trinajstić information content (AvgIpc) is 2.27. The van der Waals surface area contributed by atoms with Gasteiger partial charge in [-0.3, -0.25) is 0 Å². The molecular formula is C13H20ClNO. The standard InChI is InChI=1S/C13H20ClNO/c1-13(2,16-3)8-9-15-10-11-6-4-5-7-12(11)14/h4-7,15H,8-10H2,1-3H3. The van der Waals surface area contributed by atoms with Crippen molar-refractivity contribution in [3.05, 3.63) is 34.9 Å². The number of nitrogens with one attached hydrogen (secondary N) is 1. The minimum atomic E-state index is -0.0620. The smallest absolute Gasteiger partial charge is 0.0634 e. The van der Waals surface area contributed by atoms with Gasteiger partial charge in [-0.05, 0) is 38.4 Å². The van der Waals surface area contributed by atoms with Crippen LogP contribution in [0.5, 0.6) is 0 Å². The minimum absolute atomic E-state index is 0.0620. The van der Waals surface area contributed by atoms with Gasteiger partial charge in [-0.25, -0.2) is 0 Å². The molecule has 0 aliphatic carbocycles. The molecule has 90 valence electrons. The lowest BCUT2D eigenvalue weighted by Gasteiger charge is -2.22. The minimum Gasteiger partial charge on any atom is -0.379 e. The molecule has 0 aromatic heterocycles. The zero-order valence-electron chi connectivity index (χ0n) is 10.2. The Balaban J connectivity index is 2.29. The highest BCUT2D eigenvalue weighted by Crippen LogP contribution is 2.15. The van der Waals surface area contributed by atoms with Crippen LogP contribution in [0.3, 0.4) is 0 Å². The normalized spacial score (nSPS) is 11.8. The average molecular weight is 242 g/mol.